The maximum absolute atomic E-state index is 12.2. The standard InChI is InChI=1S/C15H27NO6S/c1-11-5-7-13(8-6-11)20-9-12-10-21-23(18,19)16(12)14(17)22-15(2,3)4/h11-13H,5-10H2,1-4H3/t11-,12-,13-/m1/s1. The molecule has 1 atom stereocenters. The van der Waals surface area contributed by atoms with Crippen LogP contribution in [0.2, 0.25) is 0 Å². The summed E-state index contributed by atoms with van der Waals surface area (Å²) in [4.78, 5) is 12.2. The van der Waals surface area contributed by atoms with Gasteiger partial charge in [-0.15, -0.1) is 0 Å². The van der Waals surface area contributed by atoms with Crippen molar-refractivity contribution in [3.63, 3.8) is 0 Å². The van der Waals surface area contributed by atoms with Crippen LogP contribution in [0.3, 0.4) is 0 Å². The number of nitrogens with zero attached hydrogens (tertiary/aromatic N) is 1. The van der Waals surface area contributed by atoms with Crippen LogP contribution in [-0.4, -0.2) is 49.8 Å². The number of amides is 1. The summed E-state index contributed by atoms with van der Waals surface area (Å²) in [7, 11) is -4.09. The molecule has 134 valence electrons. The minimum Gasteiger partial charge on any atom is -0.443 e. The lowest BCUT2D eigenvalue weighted by Gasteiger charge is -2.29. The van der Waals surface area contributed by atoms with Crippen LogP contribution in [0.4, 0.5) is 4.79 Å². The summed E-state index contributed by atoms with van der Waals surface area (Å²) in [5.74, 6) is 0.711. The molecule has 1 saturated carbocycles. The Morgan fingerprint density at radius 1 is 1.22 bits per heavy atom. The number of rotatable bonds is 3. The Bertz CT molecular complexity index is 519. The smallest absolute Gasteiger partial charge is 0.426 e. The highest BCUT2D eigenvalue weighted by Crippen LogP contribution is 2.27. The first kappa shape index (κ1) is 18.5. The van der Waals surface area contributed by atoms with Crippen molar-refractivity contribution in [1.29, 1.82) is 0 Å². The Morgan fingerprint density at radius 2 is 1.83 bits per heavy atom. The summed E-state index contributed by atoms with van der Waals surface area (Å²) < 4.78 is 40.3. The number of hydrogen-bond acceptors (Lipinski definition) is 6. The second-order valence-electron chi connectivity index (χ2n) is 7.39. The second-order valence-corrected chi connectivity index (χ2v) is 8.87. The van der Waals surface area contributed by atoms with E-state index in [4.69, 9.17) is 13.7 Å². The lowest BCUT2D eigenvalue weighted by Crippen LogP contribution is -2.45. The maximum Gasteiger partial charge on any atom is 0.426 e. The quantitative estimate of drug-likeness (QED) is 0.778. The Morgan fingerprint density at radius 3 is 2.39 bits per heavy atom. The fourth-order valence-corrected chi connectivity index (χ4v) is 3.93. The number of hydrogen-bond donors (Lipinski definition) is 0. The molecular formula is C15H27NO6S. The van der Waals surface area contributed by atoms with Crippen molar-refractivity contribution in [3.05, 3.63) is 0 Å². The summed E-state index contributed by atoms with van der Waals surface area (Å²) in [5, 5.41) is 0. The second kappa shape index (κ2) is 6.94. The highest BCUT2D eigenvalue weighted by Gasteiger charge is 2.45. The Kier molecular flexibility index (Phi) is 5.58. The normalized spacial score (nSPS) is 31.1. The third-order valence-corrected chi connectivity index (χ3v) is 5.41. The van der Waals surface area contributed by atoms with Crippen molar-refractivity contribution in [3.8, 4) is 0 Å². The van der Waals surface area contributed by atoms with Crippen LogP contribution < -0.4 is 0 Å². The molecular weight excluding hydrogens is 322 g/mol. The minimum atomic E-state index is -4.09. The molecule has 2 fully saturated rings. The Balaban J connectivity index is 1.95. The van der Waals surface area contributed by atoms with Gasteiger partial charge in [0.25, 0.3) is 0 Å². The van der Waals surface area contributed by atoms with E-state index in [-0.39, 0.29) is 19.3 Å². The molecule has 0 aromatic carbocycles. The zero-order chi connectivity index (χ0) is 17.3. The summed E-state index contributed by atoms with van der Waals surface area (Å²) in [6.45, 7) is 7.31. The largest absolute Gasteiger partial charge is 0.443 e. The van der Waals surface area contributed by atoms with Gasteiger partial charge < -0.3 is 9.47 Å². The fourth-order valence-electron chi connectivity index (χ4n) is 2.78. The molecule has 8 heteroatoms. The lowest BCUT2D eigenvalue weighted by atomic mass is 9.89. The summed E-state index contributed by atoms with van der Waals surface area (Å²) >= 11 is 0. The van der Waals surface area contributed by atoms with Crippen LogP contribution in [0.5, 0.6) is 0 Å². The molecule has 0 unspecified atom stereocenters. The number of carbonyl (C=O) groups excluding carboxylic acids is 1. The first-order chi connectivity index (χ1) is 10.6. The van der Waals surface area contributed by atoms with Gasteiger partial charge in [-0.3, -0.25) is 4.18 Å². The van der Waals surface area contributed by atoms with Crippen LogP contribution in [0.15, 0.2) is 0 Å². The highest BCUT2D eigenvalue weighted by molar-refractivity contribution is 7.85. The van der Waals surface area contributed by atoms with Gasteiger partial charge in [0, 0.05) is 0 Å². The molecule has 1 saturated heterocycles. The average molecular weight is 349 g/mol. The van der Waals surface area contributed by atoms with E-state index in [2.05, 4.69) is 6.92 Å². The van der Waals surface area contributed by atoms with Gasteiger partial charge >= 0.3 is 16.4 Å². The average Bonchev–Trinajstić information content (AvgIpc) is 2.71. The van der Waals surface area contributed by atoms with Gasteiger partial charge in [-0.1, -0.05) is 6.92 Å². The van der Waals surface area contributed by atoms with Crippen molar-refractivity contribution in [2.24, 2.45) is 5.92 Å². The summed E-state index contributed by atoms with van der Waals surface area (Å²) in [5.41, 5.74) is -0.778. The predicted octanol–water partition coefficient (Wildman–Crippen LogP) is 2.46. The van der Waals surface area contributed by atoms with Crippen molar-refractivity contribution in [2.45, 2.75) is 71.1 Å². The van der Waals surface area contributed by atoms with E-state index >= 15 is 0 Å². The van der Waals surface area contributed by atoms with Gasteiger partial charge in [-0.2, -0.15) is 12.7 Å². The van der Waals surface area contributed by atoms with Crippen molar-refractivity contribution < 1.29 is 26.9 Å². The van der Waals surface area contributed by atoms with Crippen LogP contribution in [-0.2, 0) is 24.0 Å². The van der Waals surface area contributed by atoms with Crippen LogP contribution in [0, 0.1) is 5.92 Å². The van der Waals surface area contributed by atoms with Gasteiger partial charge in [-0.05, 0) is 52.4 Å². The van der Waals surface area contributed by atoms with Gasteiger partial charge in [0.2, 0.25) is 0 Å². The lowest BCUT2D eigenvalue weighted by molar-refractivity contribution is -0.00956. The molecule has 2 aliphatic rings. The van der Waals surface area contributed by atoms with Gasteiger partial charge in [-0.25, -0.2) is 4.79 Å². The maximum atomic E-state index is 12.2. The minimum absolute atomic E-state index is 0.0926. The number of ether oxygens (including phenoxy) is 2. The molecule has 0 N–H and O–H groups in total. The first-order valence-corrected chi connectivity index (χ1v) is 9.48. The topological polar surface area (TPSA) is 82.1 Å². The van der Waals surface area contributed by atoms with Gasteiger partial charge in [0.05, 0.1) is 19.3 Å². The zero-order valence-corrected chi connectivity index (χ0v) is 15.1. The third kappa shape index (κ3) is 5.06. The molecule has 23 heavy (non-hydrogen) atoms. The third-order valence-electron chi connectivity index (χ3n) is 4.04. The van der Waals surface area contributed by atoms with Crippen molar-refractivity contribution >= 4 is 16.4 Å². The molecule has 0 aromatic rings. The van der Waals surface area contributed by atoms with E-state index < -0.39 is 28.0 Å². The fraction of sp³-hybridized carbons (Fsp3) is 0.933. The molecule has 0 bridgehead atoms. The van der Waals surface area contributed by atoms with Crippen LogP contribution in [0.1, 0.15) is 53.4 Å². The van der Waals surface area contributed by atoms with Gasteiger partial charge in [0.15, 0.2) is 0 Å². The van der Waals surface area contributed by atoms with Crippen LogP contribution in [0.25, 0.3) is 0 Å². The molecule has 1 heterocycles. The molecule has 7 nitrogen and oxygen atoms in total. The SMILES string of the molecule is CC(C)(C)OC(=O)N1[C@H](CO[C@H]2CC[C@H](C)CC2)COS1(=O)=O. The molecule has 2 rings (SSSR count). The van der Waals surface area contributed by atoms with Crippen molar-refractivity contribution in [2.75, 3.05) is 13.2 Å². The van der Waals surface area contributed by atoms with E-state index in [1.54, 1.807) is 20.8 Å². The predicted molar refractivity (Wildman–Crippen MR) is 84.1 cm³/mol. The van der Waals surface area contributed by atoms with Crippen LogP contribution >= 0.6 is 0 Å². The zero-order valence-electron chi connectivity index (χ0n) is 14.3. The van der Waals surface area contributed by atoms with E-state index in [1.165, 1.54) is 0 Å². The Hall–Kier alpha value is -0.860. The van der Waals surface area contributed by atoms with E-state index in [0.29, 0.717) is 10.2 Å². The van der Waals surface area contributed by atoms with E-state index in [0.717, 1.165) is 25.7 Å². The monoisotopic (exact) mass is 349 g/mol. The molecule has 1 aliphatic heterocycles. The van der Waals surface area contributed by atoms with Crippen molar-refractivity contribution in [1.82, 2.24) is 4.31 Å². The molecule has 1 aliphatic carbocycles. The van der Waals surface area contributed by atoms with E-state index in [9.17, 15) is 13.2 Å². The number of carbonyl (C=O) groups is 1. The van der Waals surface area contributed by atoms with Gasteiger partial charge in [0.1, 0.15) is 11.6 Å². The summed E-state index contributed by atoms with van der Waals surface area (Å²) in [6.07, 6.45) is 3.36. The molecule has 1 amide bonds. The molecule has 0 aromatic heterocycles. The Labute approximate surface area is 138 Å². The first-order valence-electron chi connectivity index (χ1n) is 8.12. The molecule has 0 spiro atoms. The summed E-state index contributed by atoms with van der Waals surface area (Å²) in [6, 6.07) is -0.672. The highest BCUT2D eigenvalue weighted by atomic mass is 32.2. The van der Waals surface area contributed by atoms with E-state index in [1.807, 2.05) is 0 Å². The molecule has 0 radical (unpaired) electrons.